The number of carbonyl (C=O) groups excluding carboxylic acids is 1. The number of hydrogen-bond acceptors (Lipinski definition) is 2. The summed E-state index contributed by atoms with van der Waals surface area (Å²) in [5.41, 5.74) is 0.295. The summed E-state index contributed by atoms with van der Waals surface area (Å²) in [5.74, 6) is -1.05. The molecule has 0 N–H and O–H groups in total. The minimum atomic E-state index is -0.600. The molecule has 0 saturated carbocycles. The van der Waals surface area contributed by atoms with Crippen molar-refractivity contribution in [3.8, 4) is 6.07 Å². The molecule has 0 radical (unpaired) electrons. The number of Topliss-reactive ketones (excluding diaryl/α,β-unsaturated/α-hetero) is 1. The summed E-state index contributed by atoms with van der Waals surface area (Å²) < 4.78 is 13.1. The van der Waals surface area contributed by atoms with Crippen LogP contribution in [0.2, 0.25) is 10.0 Å². The highest BCUT2D eigenvalue weighted by molar-refractivity contribution is 6.41. The molecule has 2 rings (SSSR count). The summed E-state index contributed by atoms with van der Waals surface area (Å²) in [4.78, 5) is 12.4. The average Bonchev–Trinajstić information content (AvgIpc) is 2.44. The van der Waals surface area contributed by atoms with Crippen LogP contribution in [0.5, 0.6) is 0 Å². The molecule has 0 fully saturated rings. The van der Waals surface area contributed by atoms with E-state index in [2.05, 4.69) is 0 Å². The Bertz CT molecular complexity index is 758. The van der Waals surface area contributed by atoms with Gasteiger partial charge in [-0.05, 0) is 35.9 Å². The highest BCUT2D eigenvalue weighted by Gasteiger charge is 2.18. The van der Waals surface area contributed by atoms with Crippen molar-refractivity contribution in [2.75, 3.05) is 0 Å². The molecule has 0 aromatic heterocycles. The summed E-state index contributed by atoms with van der Waals surface area (Å²) >= 11 is 11.9. The maximum Gasteiger partial charge on any atom is 0.206 e. The van der Waals surface area contributed by atoms with Crippen LogP contribution in [0.15, 0.2) is 48.0 Å². The van der Waals surface area contributed by atoms with E-state index in [0.717, 1.165) is 0 Å². The van der Waals surface area contributed by atoms with Crippen molar-refractivity contribution < 1.29 is 9.18 Å². The Labute approximate surface area is 131 Å². The van der Waals surface area contributed by atoms with E-state index >= 15 is 0 Å². The van der Waals surface area contributed by atoms with Gasteiger partial charge < -0.3 is 0 Å². The number of benzene rings is 2. The monoisotopic (exact) mass is 319 g/mol. The molecule has 0 heterocycles. The summed E-state index contributed by atoms with van der Waals surface area (Å²) in [6, 6.07) is 12.0. The molecule has 0 aliphatic rings. The van der Waals surface area contributed by atoms with E-state index in [1.807, 2.05) is 0 Å². The van der Waals surface area contributed by atoms with Crippen molar-refractivity contribution in [2.24, 2.45) is 0 Å². The predicted octanol–water partition coefficient (Wildman–Crippen LogP) is 4.92. The molecule has 104 valence electrons. The van der Waals surface area contributed by atoms with Gasteiger partial charge in [-0.15, -0.1) is 0 Å². The van der Waals surface area contributed by atoms with Crippen LogP contribution in [-0.2, 0) is 0 Å². The number of nitriles is 1. The Morgan fingerprint density at radius 3 is 2.33 bits per heavy atom. The number of hydrogen-bond donors (Lipinski definition) is 0. The van der Waals surface area contributed by atoms with Crippen molar-refractivity contribution in [2.45, 2.75) is 0 Å². The Balaban J connectivity index is 2.47. The first-order valence-corrected chi connectivity index (χ1v) is 6.64. The van der Waals surface area contributed by atoms with Crippen LogP contribution in [-0.4, -0.2) is 5.78 Å². The quantitative estimate of drug-likeness (QED) is 0.457. The molecule has 5 heteroatoms. The van der Waals surface area contributed by atoms with Crippen LogP contribution >= 0.6 is 23.2 Å². The van der Waals surface area contributed by atoms with Gasteiger partial charge in [-0.1, -0.05) is 41.4 Å². The third-order valence-corrected chi connectivity index (χ3v) is 3.34. The number of nitrogens with zero attached hydrogens (tertiary/aromatic N) is 1. The lowest BCUT2D eigenvalue weighted by Gasteiger charge is -2.05. The smallest absolute Gasteiger partial charge is 0.206 e. The summed E-state index contributed by atoms with van der Waals surface area (Å²) in [6.07, 6.45) is 1.30. The highest BCUT2D eigenvalue weighted by atomic mass is 35.5. The SMILES string of the molecule is N#C/C(=C\c1cccc(F)c1)C(=O)c1c(Cl)cccc1Cl. The van der Waals surface area contributed by atoms with Crippen molar-refractivity contribution in [1.82, 2.24) is 0 Å². The van der Waals surface area contributed by atoms with Gasteiger partial charge >= 0.3 is 0 Å². The lowest BCUT2D eigenvalue weighted by molar-refractivity contribution is 0.104. The fourth-order valence-corrected chi connectivity index (χ4v) is 2.33. The van der Waals surface area contributed by atoms with E-state index < -0.39 is 11.6 Å². The second kappa shape index (κ2) is 6.53. The summed E-state index contributed by atoms with van der Waals surface area (Å²) in [6.45, 7) is 0. The Morgan fingerprint density at radius 2 is 1.76 bits per heavy atom. The van der Waals surface area contributed by atoms with E-state index in [-0.39, 0.29) is 21.2 Å². The Hall–Kier alpha value is -2.15. The van der Waals surface area contributed by atoms with Gasteiger partial charge in [0, 0.05) is 0 Å². The van der Waals surface area contributed by atoms with Crippen molar-refractivity contribution >= 4 is 35.1 Å². The molecule has 2 aromatic carbocycles. The zero-order chi connectivity index (χ0) is 15.4. The first-order valence-electron chi connectivity index (χ1n) is 5.89. The van der Waals surface area contributed by atoms with Gasteiger partial charge in [-0.3, -0.25) is 4.79 Å². The maximum absolute atomic E-state index is 13.1. The fraction of sp³-hybridized carbons (Fsp3) is 0. The number of halogens is 3. The van der Waals surface area contributed by atoms with Crippen LogP contribution in [0.1, 0.15) is 15.9 Å². The van der Waals surface area contributed by atoms with Gasteiger partial charge in [0.2, 0.25) is 5.78 Å². The van der Waals surface area contributed by atoms with Crippen LogP contribution < -0.4 is 0 Å². The number of rotatable bonds is 3. The molecular weight excluding hydrogens is 312 g/mol. The number of allylic oxidation sites excluding steroid dienone is 1. The molecule has 0 atom stereocenters. The molecule has 0 aliphatic carbocycles. The maximum atomic E-state index is 13.1. The number of carbonyl (C=O) groups is 1. The van der Waals surface area contributed by atoms with Crippen LogP contribution in [0.3, 0.4) is 0 Å². The standard InChI is InChI=1S/C16H8Cl2FNO/c17-13-5-2-6-14(18)15(13)16(21)11(9-20)7-10-3-1-4-12(19)8-10/h1-8H/b11-7+. The fourth-order valence-electron chi connectivity index (χ4n) is 1.76. The minimum absolute atomic E-state index is 0.0602. The third kappa shape index (κ3) is 3.49. The molecule has 2 nitrogen and oxygen atoms in total. The van der Waals surface area contributed by atoms with Crippen LogP contribution in [0, 0.1) is 17.1 Å². The van der Waals surface area contributed by atoms with Crippen molar-refractivity contribution in [3.05, 3.63) is 75.0 Å². The molecule has 0 saturated heterocycles. The molecule has 0 bridgehead atoms. The average molecular weight is 320 g/mol. The van der Waals surface area contributed by atoms with E-state index in [9.17, 15) is 9.18 Å². The Kier molecular flexibility index (Phi) is 4.74. The zero-order valence-electron chi connectivity index (χ0n) is 10.6. The molecule has 0 spiro atoms. The van der Waals surface area contributed by atoms with Gasteiger partial charge in [-0.2, -0.15) is 5.26 Å². The molecule has 2 aromatic rings. The zero-order valence-corrected chi connectivity index (χ0v) is 12.1. The first kappa shape index (κ1) is 15.2. The van der Waals surface area contributed by atoms with Crippen molar-refractivity contribution in [1.29, 1.82) is 5.26 Å². The van der Waals surface area contributed by atoms with Gasteiger partial charge in [0.25, 0.3) is 0 Å². The molecule has 21 heavy (non-hydrogen) atoms. The van der Waals surface area contributed by atoms with Crippen LogP contribution in [0.25, 0.3) is 6.08 Å². The molecular formula is C16H8Cl2FNO. The molecule has 0 unspecified atom stereocenters. The van der Waals surface area contributed by atoms with Gasteiger partial charge in [-0.25, -0.2) is 4.39 Å². The second-order valence-corrected chi connectivity index (χ2v) is 4.97. The lowest BCUT2D eigenvalue weighted by atomic mass is 10.0. The van der Waals surface area contributed by atoms with E-state index in [4.69, 9.17) is 28.5 Å². The topological polar surface area (TPSA) is 40.9 Å². The third-order valence-electron chi connectivity index (χ3n) is 2.71. The summed E-state index contributed by atoms with van der Waals surface area (Å²) in [7, 11) is 0. The van der Waals surface area contributed by atoms with Crippen LogP contribution in [0.4, 0.5) is 4.39 Å². The molecule has 0 amide bonds. The predicted molar refractivity (Wildman–Crippen MR) is 80.8 cm³/mol. The van der Waals surface area contributed by atoms with E-state index in [0.29, 0.717) is 5.56 Å². The molecule has 0 aliphatic heterocycles. The second-order valence-electron chi connectivity index (χ2n) is 4.15. The largest absolute Gasteiger partial charge is 0.288 e. The van der Waals surface area contributed by atoms with Gasteiger partial charge in [0.05, 0.1) is 15.6 Å². The first-order chi connectivity index (χ1) is 10.0. The normalized spacial score (nSPS) is 11.0. The van der Waals surface area contributed by atoms with E-state index in [1.54, 1.807) is 18.2 Å². The lowest BCUT2D eigenvalue weighted by Crippen LogP contribution is -2.04. The van der Waals surface area contributed by atoms with Gasteiger partial charge in [0.1, 0.15) is 17.5 Å². The number of ketones is 1. The van der Waals surface area contributed by atoms with Gasteiger partial charge in [0.15, 0.2) is 0 Å². The summed E-state index contributed by atoms with van der Waals surface area (Å²) in [5, 5.41) is 9.47. The van der Waals surface area contributed by atoms with Crippen molar-refractivity contribution in [3.63, 3.8) is 0 Å². The highest BCUT2D eigenvalue weighted by Crippen LogP contribution is 2.27. The van der Waals surface area contributed by atoms with E-state index in [1.165, 1.54) is 36.4 Å². The minimum Gasteiger partial charge on any atom is -0.288 e. The Morgan fingerprint density at radius 1 is 1.14 bits per heavy atom.